The Bertz CT molecular complexity index is 1070. The van der Waals surface area contributed by atoms with Gasteiger partial charge in [-0.2, -0.15) is 0 Å². The van der Waals surface area contributed by atoms with E-state index >= 15 is 0 Å². The summed E-state index contributed by atoms with van der Waals surface area (Å²) in [5, 5.41) is 2.64. The van der Waals surface area contributed by atoms with Crippen LogP contribution in [0.25, 0.3) is 0 Å². The van der Waals surface area contributed by atoms with Gasteiger partial charge in [0.25, 0.3) is 5.56 Å². The minimum atomic E-state index is -0.613. The zero-order valence-corrected chi connectivity index (χ0v) is 15.6. The van der Waals surface area contributed by atoms with Crippen molar-refractivity contribution in [2.45, 2.75) is 13.1 Å². The molecule has 0 spiro atoms. The second-order valence-electron chi connectivity index (χ2n) is 5.83. The summed E-state index contributed by atoms with van der Waals surface area (Å²) in [6, 6.07) is 13.8. The Kier molecular flexibility index (Phi) is 5.66. The molecule has 0 bridgehead atoms. The van der Waals surface area contributed by atoms with E-state index in [4.69, 9.17) is 0 Å². The second kappa shape index (κ2) is 8.13. The summed E-state index contributed by atoms with van der Waals surface area (Å²) in [6.07, 6.45) is 1.36. The number of aromatic nitrogens is 2. The Morgan fingerprint density at radius 3 is 2.33 bits per heavy atom. The predicted molar refractivity (Wildman–Crippen MR) is 103 cm³/mol. The summed E-state index contributed by atoms with van der Waals surface area (Å²) in [7, 11) is 0. The minimum Gasteiger partial charge on any atom is -0.325 e. The van der Waals surface area contributed by atoms with E-state index in [1.165, 1.54) is 29.0 Å². The van der Waals surface area contributed by atoms with Crippen LogP contribution in [0.4, 0.5) is 10.1 Å². The Hall–Kier alpha value is -3.00. The standard InChI is InChI=1S/C19H15BrFN3O3/c20-14-3-7-16(8-4-14)22-17(25)12-24-18(26)9-10-23(19(24)27)11-13-1-5-15(21)6-2-13/h1-10H,11-12H2,(H,22,25). The third kappa shape index (κ3) is 4.79. The SMILES string of the molecule is O=C(Cn1c(=O)ccn(Cc2ccc(F)cc2)c1=O)Nc1ccc(Br)cc1. The van der Waals surface area contributed by atoms with Crippen molar-refractivity contribution in [2.75, 3.05) is 5.32 Å². The van der Waals surface area contributed by atoms with Crippen LogP contribution in [-0.2, 0) is 17.9 Å². The number of hydrogen-bond acceptors (Lipinski definition) is 3. The summed E-state index contributed by atoms with van der Waals surface area (Å²) in [4.78, 5) is 36.8. The molecular weight excluding hydrogens is 417 g/mol. The lowest BCUT2D eigenvalue weighted by Gasteiger charge is -2.10. The molecule has 0 fully saturated rings. The number of carbonyl (C=O) groups is 1. The Balaban J connectivity index is 1.79. The summed E-state index contributed by atoms with van der Waals surface area (Å²) in [6.45, 7) is -0.244. The van der Waals surface area contributed by atoms with Crippen molar-refractivity contribution < 1.29 is 9.18 Å². The maximum Gasteiger partial charge on any atom is 0.331 e. The summed E-state index contributed by atoms with van der Waals surface area (Å²) >= 11 is 3.30. The first kappa shape index (κ1) is 18.8. The lowest BCUT2D eigenvalue weighted by atomic mass is 10.2. The number of rotatable bonds is 5. The lowest BCUT2D eigenvalue weighted by Crippen LogP contribution is -2.41. The molecule has 1 heterocycles. The zero-order chi connectivity index (χ0) is 19.4. The van der Waals surface area contributed by atoms with Crippen molar-refractivity contribution in [1.82, 2.24) is 9.13 Å². The van der Waals surface area contributed by atoms with Crippen molar-refractivity contribution in [1.29, 1.82) is 0 Å². The van der Waals surface area contributed by atoms with Gasteiger partial charge in [0.2, 0.25) is 5.91 Å². The molecule has 3 rings (SSSR count). The third-order valence-corrected chi connectivity index (χ3v) is 4.36. The monoisotopic (exact) mass is 431 g/mol. The van der Waals surface area contributed by atoms with E-state index in [2.05, 4.69) is 21.2 Å². The average molecular weight is 432 g/mol. The molecular formula is C19H15BrFN3O3. The average Bonchev–Trinajstić information content (AvgIpc) is 2.65. The number of hydrogen-bond donors (Lipinski definition) is 1. The molecule has 3 aromatic rings. The molecule has 138 valence electrons. The molecule has 2 aromatic carbocycles. The fourth-order valence-electron chi connectivity index (χ4n) is 2.49. The predicted octanol–water partition coefficient (Wildman–Crippen LogP) is 2.60. The van der Waals surface area contributed by atoms with Gasteiger partial charge in [0.1, 0.15) is 12.4 Å². The smallest absolute Gasteiger partial charge is 0.325 e. The van der Waals surface area contributed by atoms with Gasteiger partial charge in [0.15, 0.2) is 0 Å². The van der Waals surface area contributed by atoms with Crippen molar-refractivity contribution in [2.24, 2.45) is 0 Å². The molecule has 6 nitrogen and oxygen atoms in total. The fourth-order valence-corrected chi connectivity index (χ4v) is 2.75. The largest absolute Gasteiger partial charge is 0.331 e. The highest BCUT2D eigenvalue weighted by Gasteiger charge is 2.11. The molecule has 0 aliphatic rings. The van der Waals surface area contributed by atoms with Crippen molar-refractivity contribution in [3.05, 3.63) is 97.5 Å². The van der Waals surface area contributed by atoms with Crippen LogP contribution in [0.1, 0.15) is 5.56 Å². The van der Waals surface area contributed by atoms with Crippen LogP contribution in [0.2, 0.25) is 0 Å². The Morgan fingerprint density at radius 1 is 1.00 bits per heavy atom. The quantitative estimate of drug-likeness (QED) is 0.674. The number of anilines is 1. The second-order valence-corrected chi connectivity index (χ2v) is 6.75. The van der Waals surface area contributed by atoms with E-state index in [-0.39, 0.29) is 12.4 Å². The van der Waals surface area contributed by atoms with Gasteiger partial charge in [-0.1, -0.05) is 28.1 Å². The van der Waals surface area contributed by atoms with Gasteiger partial charge in [-0.15, -0.1) is 0 Å². The van der Waals surface area contributed by atoms with Gasteiger partial charge >= 0.3 is 5.69 Å². The number of carbonyl (C=O) groups excluding carboxylic acids is 1. The topological polar surface area (TPSA) is 73.1 Å². The number of nitrogens with one attached hydrogen (secondary N) is 1. The van der Waals surface area contributed by atoms with Crippen LogP contribution < -0.4 is 16.6 Å². The first-order valence-corrected chi connectivity index (χ1v) is 8.82. The highest BCUT2D eigenvalue weighted by Crippen LogP contribution is 2.13. The van der Waals surface area contributed by atoms with Crippen molar-refractivity contribution >= 4 is 27.5 Å². The van der Waals surface area contributed by atoms with Gasteiger partial charge in [-0.25, -0.2) is 9.18 Å². The van der Waals surface area contributed by atoms with Crippen LogP contribution in [0.15, 0.2) is 74.9 Å². The molecule has 8 heteroatoms. The van der Waals surface area contributed by atoms with Crippen LogP contribution in [0.5, 0.6) is 0 Å². The summed E-state index contributed by atoms with van der Waals surface area (Å²) in [5.74, 6) is -0.864. The molecule has 1 amide bonds. The molecule has 27 heavy (non-hydrogen) atoms. The molecule has 0 unspecified atom stereocenters. The van der Waals surface area contributed by atoms with E-state index in [0.29, 0.717) is 11.3 Å². The van der Waals surface area contributed by atoms with Crippen molar-refractivity contribution in [3.63, 3.8) is 0 Å². The number of halogens is 2. The van der Waals surface area contributed by atoms with Gasteiger partial charge in [0.05, 0.1) is 6.54 Å². The number of amides is 1. The van der Waals surface area contributed by atoms with Gasteiger partial charge in [-0.05, 0) is 42.0 Å². The Morgan fingerprint density at radius 2 is 1.67 bits per heavy atom. The van der Waals surface area contributed by atoms with E-state index in [0.717, 1.165) is 9.04 Å². The fraction of sp³-hybridized carbons (Fsp3) is 0.105. The highest BCUT2D eigenvalue weighted by atomic mass is 79.9. The molecule has 1 aromatic heterocycles. The van der Waals surface area contributed by atoms with Crippen LogP contribution in [-0.4, -0.2) is 15.0 Å². The van der Waals surface area contributed by atoms with E-state index < -0.39 is 23.7 Å². The van der Waals surface area contributed by atoms with E-state index in [1.807, 2.05) is 0 Å². The van der Waals surface area contributed by atoms with Gasteiger partial charge in [-0.3, -0.25) is 18.7 Å². The zero-order valence-electron chi connectivity index (χ0n) is 14.1. The number of nitrogens with zero attached hydrogens (tertiary/aromatic N) is 2. The van der Waals surface area contributed by atoms with Crippen LogP contribution in [0, 0.1) is 5.82 Å². The molecule has 0 radical (unpaired) electrons. The van der Waals surface area contributed by atoms with E-state index in [1.54, 1.807) is 36.4 Å². The molecule has 1 N–H and O–H groups in total. The maximum absolute atomic E-state index is 13.0. The van der Waals surface area contributed by atoms with Crippen LogP contribution >= 0.6 is 15.9 Å². The first-order valence-electron chi connectivity index (χ1n) is 8.02. The molecule has 0 aliphatic carbocycles. The van der Waals surface area contributed by atoms with E-state index in [9.17, 15) is 18.8 Å². The first-order chi connectivity index (χ1) is 12.9. The normalized spacial score (nSPS) is 10.6. The minimum absolute atomic E-state index is 0.160. The maximum atomic E-state index is 13.0. The van der Waals surface area contributed by atoms with Gasteiger partial charge in [0, 0.05) is 22.4 Å². The highest BCUT2D eigenvalue weighted by molar-refractivity contribution is 9.10. The number of benzene rings is 2. The van der Waals surface area contributed by atoms with Crippen LogP contribution in [0.3, 0.4) is 0 Å². The molecule has 0 atom stereocenters. The molecule has 0 saturated carbocycles. The Labute approximate surface area is 162 Å². The summed E-state index contributed by atoms with van der Waals surface area (Å²) < 4.78 is 16.0. The third-order valence-electron chi connectivity index (χ3n) is 3.84. The lowest BCUT2D eigenvalue weighted by molar-refractivity contribution is -0.116. The van der Waals surface area contributed by atoms with Crippen molar-refractivity contribution in [3.8, 4) is 0 Å². The molecule has 0 saturated heterocycles. The van der Waals surface area contributed by atoms with Gasteiger partial charge < -0.3 is 5.32 Å². The summed E-state index contributed by atoms with van der Waals surface area (Å²) in [5.41, 5.74) is 0.0703. The molecule has 0 aliphatic heterocycles.